The van der Waals surface area contributed by atoms with E-state index in [1.54, 1.807) is 0 Å². The van der Waals surface area contributed by atoms with Crippen LogP contribution in [0.3, 0.4) is 0 Å². The Morgan fingerprint density at radius 2 is 2.30 bits per heavy atom. The minimum Gasteiger partial charge on any atom is -0.489 e. The summed E-state index contributed by atoms with van der Waals surface area (Å²) in [6.45, 7) is 3.66. The Morgan fingerprint density at radius 3 is 3.15 bits per heavy atom. The van der Waals surface area contributed by atoms with E-state index in [4.69, 9.17) is 4.74 Å². The summed E-state index contributed by atoms with van der Waals surface area (Å²) in [5.74, 6) is 1.39. The number of amides is 1. The summed E-state index contributed by atoms with van der Waals surface area (Å²) in [6, 6.07) is 6.00. The second kappa shape index (κ2) is 5.73. The van der Waals surface area contributed by atoms with Crippen LogP contribution in [0, 0.1) is 5.92 Å². The van der Waals surface area contributed by atoms with Gasteiger partial charge in [0, 0.05) is 12.6 Å². The first-order chi connectivity index (χ1) is 9.74. The average Bonchev–Trinajstić information content (AvgIpc) is 2.46. The maximum Gasteiger partial charge on any atom is 0.255 e. The van der Waals surface area contributed by atoms with Crippen molar-refractivity contribution in [1.29, 1.82) is 0 Å². The fraction of sp³-hybridized carbons (Fsp3) is 0.562. The smallest absolute Gasteiger partial charge is 0.255 e. The van der Waals surface area contributed by atoms with E-state index < -0.39 is 0 Å². The quantitative estimate of drug-likeness (QED) is 0.872. The molecule has 0 aromatic heterocycles. The number of anilines is 1. The zero-order valence-electron chi connectivity index (χ0n) is 11.9. The summed E-state index contributed by atoms with van der Waals surface area (Å²) < 4.78 is 5.66. The van der Waals surface area contributed by atoms with Crippen molar-refractivity contribution in [1.82, 2.24) is 5.32 Å². The van der Waals surface area contributed by atoms with Crippen LogP contribution in [0.15, 0.2) is 18.2 Å². The van der Waals surface area contributed by atoms with Crippen molar-refractivity contribution in [3.8, 4) is 5.75 Å². The summed E-state index contributed by atoms with van der Waals surface area (Å²) in [6.07, 6.45) is 4.65. The maximum absolute atomic E-state index is 12.5. The lowest BCUT2D eigenvalue weighted by atomic mass is 9.87. The summed E-state index contributed by atoms with van der Waals surface area (Å²) >= 11 is 0. The van der Waals surface area contributed by atoms with E-state index in [0.717, 1.165) is 25.1 Å². The monoisotopic (exact) mass is 274 g/mol. The number of nitrogens with one attached hydrogen (secondary N) is 2. The van der Waals surface area contributed by atoms with Crippen molar-refractivity contribution in [2.24, 2.45) is 5.92 Å². The van der Waals surface area contributed by atoms with E-state index in [1.807, 2.05) is 18.2 Å². The lowest BCUT2D eigenvalue weighted by Gasteiger charge is -2.28. The molecule has 3 rings (SSSR count). The van der Waals surface area contributed by atoms with E-state index in [9.17, 15) is 4.79 Å². The molecule has 1 aromatic rings. The number of ether oxygens (including phenoxy) is 1. The van der Waals surface area contributed by atoms with Gasteiger partial charge in [-0.1, -0.05) is 25.8 Å². The number of fused-ring (bicyclic) bond motifs is 1. The fourth-order valence-corrected chi connectivity index (χ4v) is 3.18. The van der Waals surface area contributed by atoms with E-state index in [2.05, 4.69) is 17.6 Å². The number of benzene rings is 1. The van der Waals surface area contributed by atoms with Crippen LogP contribution >= 0.6 is 0 Å². The van der Waals surface area contributed by atoms with Gasteiger partial charge in [-0.2, -0.15) is 0 Å². The summed E-state index contributed by atoms with van der Waals surface area (Å²) in [5, 5.41) is 6.43. The molecule has 4 nitrogen and oxygen atoms in total. The first-order valence-electron chi connectivity index (χ1n) is 7.54. The molecule has 1 aromatic carbocycles. The highest BCUT2D eigenvalue weighted by molar-refractivity contribution is 5.99. The van der Waals surface area contributed by atoms with Crippen LogP contribution in [-0.4, -0.2) is 25.1 Å². The number of hydrogen-bond donors (Lipinski definition) is 2. The van der Waals surface area contributed by atoms with Gasteiger partial charge in [-0.05, 0) is 30.9 Å². The molecule has 0 spiro atoms. The van der Waals surface area contributed by atoms with E-state index >= 15 is 0 Å². The Kier molecular flexibility index (Phi) is 3.81. The van der Waals surface area contributed by atoms with Gasteiger partial charge in [0.2, 0.25) is 0 Å². The zero-order chi connectivity index (χ0) is 13.9. The summed E-state index contributed by atoms with van der Waals surface area (Å²) in [5.41, 5.74) is 1.56. The molecule has 0 saturated heterocycles. The fourth-order valence-electron chi connectivity index (χ4n) is 3.18. The first kappa shape index (κ1) is 13.3. The zero-order valence-corrected chi connectivity index (χ0v) is 11.9. The minimum atomic E-state index is -0.00958. The van der Waals surface area contributed by atoms with Crippen molar-refractivity contribution in [3.05, 3.63) is 23.8 Å². The maximum atomic E-state index is 12.5. The van der Waals surface area contributed by atoms with Crippen molar-refractivity contribution in [3.63, 3.8) is 0 Å². The lowest BCUT2D eigenvalue weighted by molar-refractivity contribution is 0.0917. The number of carbonyl (C=O) groups excluding carboxylic acids is 1. The van der Waals surface area contributed by atoms with Crippen molar-refractivity contribution in [2.75, 3.05) is 18.5 Å². The molecule has 1 aliphatic carbocycles. The largest absolute Gasteiger partial charge is 0.489 e. The number of para-hydroxylation sites is 1. The molecule has 1 saturated carbocycles. The molecule has 1 aliphatic heterocycles. The first-order valence-corrected chi connectivity index (χ1v) is 7.54. The SMILES string of the molecule is CC1CCCC(NC(=O)c2cccc3c2OCCN3)C1. The van der Waals surface area contributed by atoms with Crippen LogP contribution in [-0.2, 0) is 0 Å². The Balaban J connectivity index is 1.74. The Labute approximate surface area is 119 Å². The molecule has 1 fully saturated rings. The van der Waals surface area contributed by atoms with Gasteiger partial charge in [-0.15, -0.1) is 0 Å². The highest BCUT2D eigenvalue weighted by atomic mass is 16.5. The van der Waals surface area contributed by atoms with Crippen LogP contribution in [0.2, 0.25) is 0 Å². The van der Waals surface area contributed by atoms with Gasteiger partial charge in [-0.3, -0.25) is 4.79 Å². The molecule has 2 unspecified atom stereocenters. The van der Waals surface area contributed by atoms with Gasteiger partial charge < -0.3 is 15.4 Å². The third-order valence-electron chi connectivity index (χ3n) is 4.20. The van der Waals surface area contributed by atoms with Crippen LogP contribution in [0.5, 0.6) is 5.75 Å². The lowest BCUT2D eigenvalue weighted by Crippen LogP contribution is -2.38. The van der Waals surface area contributed by atoms with Crippen LogP contribution in [0.25, 0.3) is 0 Å². The molecule has 4 heteroatoms. The molecule has 2 N–H and O–H groups in total. The van der Waals surface area contributed by atoms with Gasteiger partial charge in [0.25, 0.3) is 5.91 Å². The number of rotatable bonds is 2. The molecule has 108 valence electrons. The third-order valence-corrected chi connectivity index (χ3v) is 4.20. The molecule has 1 heterocycles. The van der Waals surface area contributed by atoms with E-state index in [-0.39, 0.29) is 5.91 Å². The van der Waals surface area contributed by atoms with Gasteiger partial charge in [0.1, 0.15) is 6.61 Å². The van der Waals surface area contributed by atoms with E-state index in [0.29, 0.717) is 29.9 Å². The second-order valence-corrected chi connectivity index (χ2v) is 5.90. The normalized spacial score (nSPS) is 25.1. The van der Waals surface area contributed by atoms with Crippen molar-refractivity contribution < 1.29 is 9.53 Å². The molecule has 20 heavy (non-hydrogen) atoms. The van der Waals surface area contributed by atoms with Gasteiger partial charge >= 0.3 is 0 Å². The number of hydrogen-bond acceptors (Lipinski definition) is 3. The molecular weight excluding hydrogens is 252 g/mol. The minimum absolute atomic E-state index is 0.00958. The second-order valence-electron chi connectivity index (χ2n) is 5.90. The Hall–Kier alpha value is -1.71. The molecule has 0 bridgehead atoms. The third kappa shape index (κ3) is 2.74. The predicted molar refractivity (Wildman–Crippen MR) is 79.3 cm³/mol. The molecule has 2 aliphatic rings. The van der Waals surface area contributed by atoms with Gasteiger partial charge in [0.15, 0.2) is 5.75 Å². The van der Waals surface area contributed by atoms with Gasteiger partial charge in [-0.25, -0.2) is 0 Å². The Bertz CT molecular complexity index is 501. The Morgan fingerprint density at radius 1 is 1.40 bits per heavy atom. The molecule has 2 atom stereocenters. The average molecular weight is 274 g/mol. The highest BCUT2D eigenvalue weighted by Crippen LogP contribution is 2.31. The van der Waals surface area contributed by atoms with Crippen LogP contribution in [0.1, 0.15) is 43.0 Å². The molecule has 0 radical (unpaired) electrons. The topological polar surface area (TPSA) is 50.4 Å². The van der Waals surface area contributed by atoms with E-state index in [1.165, 1.54) is 12.8 Å². The highest BCUT2D eigenvalue weighted by Gasteiger charge is 2.24. The van der Waals surface area contributed by atoms with Crippen molar-refractivity contribution in [2.45, 2.75) is 38.6 Å². The number of carbonyl (C=O) groups is 1. The molecule has 1 amide bonds. The van der Waals surface area contributed by atoms with Crippen molar-refractivity contribution >= 4 is 11.6 Å². The van der Waals surface area contributed by atoms with Gasteiger partial charge in [0.05, 0.1) is 11.3 Å². The van der Waals surface area contributed by atoms with Crippen LogP contribution in [0.4, 0.5) is 5.69 Å². The summed E-state index contributed by atoms with van der Waals surface area (Å²) in [7, 11) is 0. The standard InChI is InChI=1S/C16H22N2O2/c1-11-4-2-5-12(10-11)18-16(19)13-6-3-7-14-15(13)20-9-8-17-14/h3,6-7,11-12,17H,2,4-5,8-10H2,1H3,(H,18,19). The van der Waals surface area contributed by atoms with Crippen LogP contribution < -0.4 is 15.4 Å². The summed E-state index contributed by atoms with van der Waals surface area (Å²) in [4.78, 5) is 12.5. The molecular formula is C16H22N2O2. The predicted octanol–water partition coefficient (Wildman–Crippen LogP) is 2.80.